The molecule has 0 aliphatic heterocycles. The van der Waals surface area contributed by atoms with E-state index in [2.05, 4.69) is 27.7 Å². The summed E-state index contributed by atoms with van der Waals surface area (Å²) in [6.45, 7) is 0.396. The van der Waals surface area contributed by atoms with Crippen molar-refractivity contribution >= 4 is 18.7 Å². The van der Waals surface area contributed by atoms with Crippen LogP contribution in [0.25, 0.3) is 0 Å². The monoisotopic (exact) mass is 342 g/mol. The molecule has 1 unspecified atom stereocenters. The van der Waals surface area contributed by atoms with Crippen LogP contribution in [0.15, 0.2) is 4.52 Å². The van der Waals surface area contributed by atoms with Crippen molar-refractivity contribution in [2.75, 3.05) is 0 Å². The van der Waals surface area contributed by atoms with Gasteiger partial charge in [0.15, 0.2) is 5.82 Å². The number of carbonyl (C=O) groups is 1. The Morgan fingerprint density at radius 2 is 2.17 bits per heavy atom. The standard InChI is InChI=1S/C15H26N4O3S/c20-14(18-21)9-12(15-17-13(10-16-23)19-22-15)8-4-7-11-5-2-1-3-6-11/h11-12,16,21,23H,1-10H2,(H,18,20). The summed E-state index contributed by atoms with van der Waals surface area (Å²) in [6, 6.07) is 0. The van der Waals surface area contributed by atoms with Gasteiger partial charge < -0.3 is 4.52 Å². The predicted octanol–water partition coefficient (Wildman–Crippen LogP) is 2.73. The van der Waals surface area contributed by atoms with Crippen LogP contribution >= 0.6 is 12.8 Å². The number of carbonyl (C=O) groups excluding carboxylic acids is 1. The van der Waals surface area contributed by atoms with Gasteiger partial charge in [-0.05, 0) is 12.3 Å². The van der Waals surface area contributed by atoms with E-state index in [0.29, 0.717) is 18.3 Å². The van der Waals surface area contributed by atoms with Crippen molar-refractivity contribution in [2.45, 2.75) is 70.3 Å². The minimum absolute atomic E-state index is 0.150. The molecule has 1 aliphatic rings. The summed E-state index contributed by atoms with van der Waals surface area (Å²) in [5, 5.41) is 12.6. The van der Waals surface area contributed by atoms with Crippen LogP contribution in [0.5, 0.6) is 0 Å². The highest BCUT2D eigenvalue weighted by molar-refractivity contribution is 7.78. The van der Waals surface area contributed by atoms with Gasteiger partial charge in [-0.25, -0.2) is 5.48 Å². The summed E-state index contributed by atoms with van der Waals surface area (Å²) in [4.78, 5) is 15.8. The van der Waals surface area contributed by atoms with Gasteiger partial charge in [0.05, 0.1) is 6.54 Å². The van der Waals surface area contributed by atoms with Crippen LogP contribution in [0.3, 0.4) is 0 Å². The molecule has 1 aromatic heterocycles. The summed E-state index contributed by atoms with van der Waals surface area (Å²) >= 11 is 3.91. The fraction of sp³-hybridized carbons (Fsp3) is 0.800. The highest BCUT2D eigenvalue weighted by Crippen LogP contribution is 2.31. The molecule has 7 nitrogen and oxygen atoms in total. The molecule has 1 atom stereocenters. The first-order valence-electron chi connectivity index (χ1n) is 8.35. The van der Waals surface area contributed by atoms with E-state index in [4.69, 9.17) is 9.73 Å². The first-order chi connectivity index (χ1) is 11.2. The summed E-state index contributed by atoms with van der Waals surface area (Å²) < 4.78 is 7.94. The van der Waals surface area contributed by atoms with Crippen LogP contribution in [0.2, 0.25) is 0 Å². The Bertz CT molecular complexity index is 477. The Morgan fingerprint density at radius 1 is 1.39 bits per heavy atom. The largest absolute Gasteiger partial charge is 0.339 e. The minimum Gasteiger partial charge on any atom is -0.339 e. The molecule has 0 saturated heterocycles. The Hall–Kier alpha value is -1.12. The van der Waals surface area contributed by atoms with E-state index >= 15 is 0 Å². The van der Waals surface area contributed by atoms with Crippen LogP contribution < -0.4 is 10.2 Å². The first-order valence-corrected chi connectivity index (χ1v) is 8.80. The van der Waals surface area contributed by atoms with Gasteiger partial charge >= 0.3 is 0 Å². The number of rotatable bonds is 9. The smallest absolute Gasteiger partial charge is 0.244 e. The lowest BCUT2D eigenvalue weighted by Gasteiger charge is -2.22. The van der Waals surface area contributed by atoms with E-state index < -0.39 is 5.91 Å². The van der Waals surface area contributed by atoms with Gasteiger partial charge in [-0.3, -0.25) is 14.7 Å². The summed E-state index contributed by atoms with van der Waals surface area (Å²) in [6.07, 6.45) is 9.83. The summed E-state index contributed by atoms with van der Waals surface area (Å²) in [5.41, 5.74) is 1.68. The van der Waals surface area contributed by atoms with Crippen LogP contribution in [0.1, 0.15) is 75.4 Å². The molecule has 0 radical (unpaired) electrons. The lowest BCUT2D eigenvalue weighted by molar-refractivity contribution is -0.129. The SMILES string of the molecule is O=C(CC(CCCC1CCCCC1)c1nc(CNS)no1)NO. The molecule has 0 aromatic carbocycles. The predicted molar refractivity (Wildman–Crippen MR) is 87.8 cm³/mol. The normalized spacial score (nSPS) is 17.1. The van der Waals surface area contributed by atoms with Crippen LogP contribution in [-0.4, -0.2) is 21.3 Å². The second kappa shape index (κ2) is 9.89. The zero-order valence-corrected chi connectivity index (χ0v) is 14.2. The van der Waals surface area contributed by atoms with Crippen molar-refractivity contribution in [1.29, 1.82) is 0 Å². The van der Waals surface area contributed by atoms with Crippen molar-refractivity contribution in [3.05, 3.63) is 11.7 Å². The molecule has 130 valence electrons. The molecule has 0 spiro atoms. The maximum atomic E-state index is 11.5. The molecule has 1 aliphatic carbocycles. The van der Waals surface area contributed by atoms with E-state index in [0.717, 1.165) is 18.8 Å². The lowest BCUT2D eigenvalue weighted by atomic mass is 9.84. The number of hydrogen-bond acceptors (Lipinski definition) is 7. The third-order valence-corrected chi connectivity index (χ3v) is 4.67. The number of nitrogens with zero attached hydrogens (tertiary/aromatic N) is 2. The van der Waals surface area contributed by atoms with Gasteiger partial charge in [0.25, 0.3) is 0 Å². The Morgan fingerprint density at radius 3 is 2.87 bits per heavy atom. The molecular formula is C15H26N4O3S. The average Bonchev–Trinajstić information content (AvgIpc) is 3.03. The fourth-order valence-corrected chi connectivity index (χ4v) is 3.43. The van der Waals surface area contributed by atoms with Crippen molar-refractivity contribution < 1.29 is 14.5 Å². The second-order valence-electron chi connectivity index (χ2n) is 6.25. The second-order valence-corrected chi connectivity index (χ2v) is 6.57. The molecular weight excluding hydrogens is 316 g/mol. The number of nitrogens with one attached hydrogen (secondary N) is 2. The highest BCUT2D eigenvalue weighted by Gasteiger charge is 2.23. The number of hydrogen-bond donors (Lipinski definition) is 4. The minimum atomic E-state index is -0.431. The molecule has 2 rings (SSSR count). The summed E-state index contributed by atoms with van der Waals surface area (Å²) in [5.74, 6) is 1.18. The molecule has 8 heteroatoms. The molecule has 1 heterocycles. The van der Waals surface area contributed by atoms with E-state index in [1.165, 1.54) is 38.5 Å². The number of aromatic nitrogens is 2. The molecule has 1 amide bonds. The number of hydroxylamine groups is 1. The third kappa shape index (κ3) is 6.12. The third-order valence-electron chi connectivity index (χ3n) is 4.52. The van der Waals surface area contributed by atoms with Crippen LogP contribution in [0.4, 0.5) is 0 Å². The van der Waals surface area contributed by atoms with Gasteiger partial charge in [0.1, 0.15) is 0 Å². The molecule has 0 bridgehead atoms. The first kappa shape index (κ1) is 18.2. The Balaban J connectivity index is 1.88. The van der Waals surface area contributed by atoms with E-state index in [1.807, 2.05) is 0 Å². The van der Waals surface area contributed by atoms with Gasteiger partial charge in [-0.15, -0.1) is 0 Å². The van der Waals surface area contributed by atoms with E-state index in [9.17, 15) is 4.79 Å². The molecule has 3 N–H and O–H groups in total. The molecule has 1 aromatic rings. The highest BCUT2D eigenvalue weighted by atomic mass is 32.1. The Kier molecular flexibility index (Phi) is 7.84. The lowest BCUT2D eigenvalue weighted by Crippen LogP contribution is -2.21. The Labute approximate surface area is 142 Å². The maximum Gasteiger partial charge on any atom is 0.244 e. The fourth-order valence-electron chi connectivity index (χ4n) is 3.29. The zero-order chi connectivity index (χ0) is 16.5. The van der Waals surface area contributed by atoms with E-state index in [-0.39, 0.29) is 12.3 Å². The maximum absolute atomic E-state index is 11.5. The quantitative estimate of drug-likeness (QED) is 0.313. The summed E-state index contributed by atoms with van der Waals surface area (Å²) in [7, 11) is 0. The molecule has 23 heavy (non-hydrogen) atoms. The number of amides is 1. The van der Waals surface area contributed by atoms with E-state index in [1.54, 1.807) is 5.48 Å². The zero-order valence-electron chi connectivity index (χ0n) is 13.3. The van der Waals surface area contributed by atoms with Gasteiger partial charge in [0.2, 0.25) is 11.8 Å². The van der Waals surface area contributed by atoms with Gasteiger partial charge in [-0.2, -0.15) is 4.98 Å². The van der Waals surface area contributed by atoms with Crippen molar-refractivity contribution in [3.8, 4) is 0 Å². The van der Waals surface area contributed by atoms with Crippen molar-refractivity contribution in [2.24, 2.45) is 5.92 Å². The van der Waals surface area contributed by atoms with Crippen LogP contribution in [0, 0.1) is 5.92 Å². The van der Waals surface area contributed by atoms with Gasteiger partial charge in [-0.1, -0.05) is 62.9 Å². The molecule has 1 saturated carbocycles. The van der Waals surface area contributed by atoms with Gasteiger partial charge in [0, 0.05) is 12.3 Å². The topological polar surface area (TPSA) is 100 Å². The van der Waals surface area contributed by atoms with Crippen LogP contribution in [-0.2, 0) is 11.3 Å². The average molecular weight is 342 g/mol. The van der Waals surface area contributed by atoms with Crippen molar-refractivity contribution in [3.63, 3.8) is 0 Å². The van der Waals surface area contributed by atoms with Crippen molar-refractivity contribution in [1.82, 2.24) is 20.3 Å². The molecule has 1 fully saturated rings. The number of thiol groups is 1.